The molecular weight excluding hydrogens is 602 g/mol. The average molecular weight is 640 g/mol. The number of piperazine rings is 1. The van der Waals surface area contributed by atoms with E-state index in [1.807, 2.05) is 12.1 Å². The maximum Gasteiger partial charge on any atom is 0.232 e. The van der Waals surface area contributed by atoms with Gasteiger partial charge >= 0.3 is 0 Å². The van der Waals surface area contributed by atoms with E-state index in [2.05, 4.69) is 98.1 Å². The molecule has 0 unspecified atom stereocenters. The van der Waals surface area contributed by atoms with Crippen molar-refractivity contribution in [2.45, 2.75) is 31.3 Å². The largest absolute Gasteiger partial charge is 0.381 e. The third-order valence-corrected chi connectivity index (χ3v) is 9.81. The first kappa shape index (κ1) is 29.8. The second-order valence-corrected chi connectivity index (χ2v) is 12.9. The van der Waals surface area contributed by atoms with Gasteiger partial charge in [0, 0.05) is 81.2 Å². The van der Waals surface area contributed by atoms with Crippen molar-refractivity contribution in [3.8, 4) is 0 Å². The number of ether oxygens (including phenoxy) is 1. The minimum absolute atomic E-state index is 0.0950. The van der Waals surface area contributed by atoms with Crippen LogP contribution in [0.2, 0.25) is 5.02 Å². The molecule has 45 heavy (non-hydrogen) atoms. The minimum atomic E-state index is -0.0950. The highest BCUT2D eigenvalue weighted by atomic mass is 35.5. The summed E-state index contributed by atoms with van der Waals surface area (Å²) in [7, 11) is 0. The Balaban J connectivity index is 1.09. The van der Waals surface area contributed by atoms with Crippen LogP contribution < -0.4 is 25.3 Å². The number of aromatic nitrogens is 2. The Morgan fingerprint density at radius 2 is 1.38 bits per heavy atom. The highest BCUT2D eigenvalue weighted by molar-refractivity contribution is 7.80. The quantitative estimate of drug-likeness (QED) is 0.237. The topological polar surface area (TPSA) is 68.8 Å². The van der Waals surface area contributed by atoms with Crippen LogP contribution >= 0.6 is 23.8 Å². The van der Waals surface area contributed by atoms with E-state index in [1.54, 1.807) is 0 Å². The average Bonchev–Trinajstić information content (AvgIpc) is 3.53. The van der Waals surface area contributed by atoms with Crippen molar-refractivity contribution in [1.82, 2.24) is 15.3 Å². The van der Waals surface area contributed by atoms with E-state index < -0.39 is 0 Å². The number of nitrogens with one attached hydrogen (secondary N) is 2. The summed E-state index contributed by atoms with van der Waals surface area (Å²) in [5.74, 6) is 2.32. The summed E-state index contributed by atoms with van der Waals surface area (Å²) in [5, 5.41) is 8.09. The van der Waals surface area contributed by atoms with E-state index in [9.17, 15) is 0 Å². The van der Waals surface area contributed by atoms with E-state index in [4.69, 9.17) is 38.5 Å². The molecule has 0 amide bonds. The Labute approximate surface area is 275 Å². The van der Waals surface area contributed by atoms with Crippen molar-refractivity contribution in [1.29, 1.82) is 0 Å². The molecule has 0 saturated carbocycles. The zero-order valence-corrected chi connectivity index (χ0v) is 26.9. The molecule has 8 nitrogen and oxygen atoms in total. The Bertz CT molecular complexity index is 1600. The van der Waals surface area contributed by atoms with Crippen molar-refractivity contribution >= 4 is 52.2 Å². The molecule has 0 bridgehead atoms. The summed E-state index contributed by atoms with van der Waals surface area (Å²) in [6.45, 7) is 7.36. The molecule has 3 aromatic carbocycles. The van der Waals surface area contributed by atoms with Gasteiger partial charge < -0.3 is 30.1 Å². The summed E-state index contributed by atoms with van der Waals surface area (Å²) >= 11 is 12.1. The van der Waals surface area contributed by atoms with Crippen molar-refractivity contribution < 1.29 is 4.74 Å². The number of anilines is 4. The number of hydrogen-bond donors (Lipinski definition) is 2. The van der Waals surface area contributed by atoms with Gasteiger partial charge in [0.25, 0.3) is 0 Å². The summed E-state index contributed by atoms with van der Waals surface area (Å²) in [6.07, 6.45) is 1.82. The van der Waals surface area contributed by atoms with E-state index in [0.29, 0.717) is 17.6 Å². The molecule has 0 atom stereocenters. The van der Waals surface area contributed by atoms with Crippen molar-refractivity contribution in [2.24, 2.45) is 0 Å². The molecule has 0 radical (unpaired) electrons. The molecule has 2 saturated heterocycles. The Morgan fingerprint density at radius 1 is 0.778 bits per heavy atom. The van der Waals surface area contributed by atoms with Crippen LogP contribution in [0.1, 0.15) is 29.5 Å². The third kappa shape index (κ3) is 6.71. The van der Waals surface area contributed by atoms with Crippen LogP contribution in [0.4, 0.5) is 23.3 Å². The van der Waals surface area contributed by atoms with Crippen molar-refractivity contribution in [3.63, 3.8) is 0 Å². The van der Waals surface area contributed by atoms with Gasteiger partial charge in [0.2, 0.25) is 5.95 Å². The Kier molecular flexibility index (Phi) is 8.74. The molecule has 7 rings (SSSR count). The molecule has 4 heterocycles. The molecule has 4 aromatic rings. The molecule has 2 fully saturated rings. The lowest BCUT2D eigenvalue weighted by atomic mass is 9.74. The van der Waals surface area contributed by atoms with Gasteiger partial charge in [-0.05, 0) is 66.0 Å². The maximum atomic E-state index is 6.21. The normalized spacial score (nSPS) is 17.6. The molecule has 3 aliphatic heterocycles. The first-order chi connectivity index (χ1) is 22.0. The van der Waals surface area contributed by atoms with Gasteiger partial charge in [-0.15, -0.1) is 0 Å². The fourth-order valence-electron chi connectivity index (χ4n) is 6.66. The highest BCUT2D eigenvalue weighted by Crippen LogP contribution is 2.35. The zero-order valence-electron chi connectivity index (χ0n) is 25.3. The van der Waals surface area contributed by atoms with E-state index in [1.165, 1.54) is 22.4 Å². The number of nitrogens with zero attached hydrogens (tertiary/aromatic N) is 5. The molecule has 1 aromatic heterocycles. The lowest BCUT2D eigenvalue weighted by Crippen LogP contribution is -2.47. The maximum absolute atomic E-state index is 6.21. The van der Waals surface area contributed by atoms with Gasteiger partial charge in [-0.2, -0.15) is 9.97 Å². The standard InChI is InChI=1S/C35H38ClN7OS/c36-29-12-10-28(11-13-29)35(14-20-44-21-15-35)25-37-34(45)40-33-38-31(42-18-16-41(17-19-42)30-8-2-1-3-9-30)22-32(39-33)43-23-26-6-4-5-7-27(26)24-43/h1-13,22H,14-21,23-25H2,(H2,37,38,39,40,45). The number of para-hydroxylation sites is 1. The molecule has 0 aliphatic carbocycles. The first-order valence-electron chi connectivity index (χ1n) is 15.7. The van der Waals surface area contributed by atoms with Crippen LogP contribution in [0.3, 0.4) is 0 Å². The van der Waals surface area contributed by atoms with Gasteiger partial charge in [0.05, 0.1) is 0 Å². The first-order valence-corrected chi connectivity index (χ1v) is 16.5. The minimum Gasteiger partial charge on any atom is -0.381 e. The van der Waals surface area contributed by atoms with E-state index in [0.717, 1.165) is 82.0 Å². The number of benzene rings is 3. The predicted molar refractivity (Wildman–Crippen MR) is 187 cm³/mol. The highest BCUT2D eigenvalue weighted by Gasteiger charge is 2.34. The Hall–Kier alpha value is -3.92. The lowest BCUT2D eigenvalue weighted by molar-refractivity contribution is 0.0515. The summed E-state index contributed by atoms with van der Waals surface area (Å²) in [4.78, 5) is 17.1. The summed E-state index contributed by atoms with van der Waals surface area (Å²) in [6, 6.07) is 29.5. The number of thiocarbonyl (C=S) groups is 1. The molecule has 0 spiro atoms. The van der Waals surface area contributed by atoms with Crippen LogP contribution in [0.25, 0.3) is 0 Å². The van der Waals surface area contributed by atoms with Gasteiger partial charge in [-0.3, -0.25) is 0 Å². The third-order valence-electron chi connectivity index (χ3n) is 9.31. The second kappa shape index (κ2) is 13.2. The molecule has 10 heteroatoms. The number of rotatable bonds is 7. The van der Waals surface area contributed by atoms with E-state index >= 15 is 0 Å². The predicted octanol–water partition coefficient (Wildman–Crippen LogP) is 6.01. The van der Waals surface area contributed by atoms with Crippen LogP contribution in [0.15, 0.2) is 84.9 Å². The van der Waals surface area contributed by atoms with Gasteiger partial charge in [-0.1, -0.05) is 66.2 Å². The molecular formula is C35H38ClN7OS. The zero-order chi connectivity index (χ0) is 30.6. The molecule has 3 aliphatic rings. The van der Waals surface area contributed by atoms with E-state index in [-0.39, 0.29) is 5.41 Å². The molecule has 2 N–H and O–H groups in total. The number of halogens is 1. The van der Waals surface area contributed by atoms with Gasteiger partial charge in [0.1, 0.15) is 11.6 Å². The smallest absolute Gasteiger partial charge is 0.232 e. The van der Waals surface area contributed by atoms with Gasteiger partial charge in [0.15, 0.2) is 5.11 Å². The van der Waals surface area contributed by atoms with Crippen LogP contribution in [0.5, 0.6) is 0 Å². The SMILES string of the molecule is S=C(NCC1(c2ccc(Cl)cc2)CCOCC1)Nc1nc(N2CCN(c3ccccc3)CC2)cc(N2Cc3ccccc3C2)n1. The number of fused-ring (bicyclic) bond motifs is 1. The van der Waals surface area contributed by atoms with Crippen LogP contribution in [0, 0.1) is 0 Å². The van der Waals surface area contributed by atoms with Crippen LogP contribution in [-0.2, 0) is 23.2 Å². The number of hydrogen-bond acceptors (Lipinski definition) is 7. The van der Waals surface area contributed by atoms with Crippen LogP contribution in [-0.4, -0.2) is 61.0 Å². The lowest BCUT2D eigenvalue weighted by Gasteiger charge is -2.38. The summed E-state index contributed by atoms with van der Waals surface area (Å²) in [5.41, 5.74) is 5.08. The second-order valence-electron chi connectivity index (χ2n) is 12.0. The van der Waals surface area contributed by atoms with Crippen molar-refractivity contribution in [2.75, 3.05) is 66.0 Å². The Morgan fingerprint density at radius 3 is 2.04 bits per heavy atom. The summed E-state index contributed by atoms with van der Waals surface area (Å²) < 4.78 is 5.73. The fraction of sp³-hybridized carbons (Fsp3) is 0.343. The fourth-order valence-corrected chi connectivity index (χ4v) is 6.95. The van der Waals surface area contributed by atoms with Crippen molar-refractivity contribution in [3.05, 3.63) is 107 Å². The monoisotopic (exact) mass is 639 g/mol. The molecule has 232 valence electrons. The van der Waals surface area contributed by atoms with Gasteiger partial charge in [-0.25, -0.2) is 0 Å².